The minimum absolute atomic E-state index is 0.0432. The third-order valence-electron chi connectivity index (χ3n) is 3.04. The van der Waals surface area contributed by atoms with Gasteiger partial charge in [-0.25, -0.2) is 0 Å². The van der Waals surface area contributed by atoms with E-state index in [1.54, 1.807) is 0 Å². The average molecular weight is 350 g/mol. The Hall–Kier alpha value is -1.36. The largest absolute Gasteiger partial charge is 0.456 e. The van der Waals surface area contributed by atoms with Crippen molar-refractivity contribution in [2.45, 2.75) is 33.0 Å². The predicted octanol–water partition coefficient (Wildman–Crippen LogP) is 4.23. The first kappa shape index (κ1) is 16.0. The molecule has 0 aliphatic heterocycles. The van der Waals surface area contributed by atoms with E-state index in [0.717, 1.165) is 28.1 Å². The molecule has 0 heterocycles. The number of benzene rings is 2. The molecule has 2 rings (SSSR count). The lowest BCUT2D eigenvalue weighted by Gasteiger charge is -2.11. The monoisotopic (exact) mass is 349 g/mol. The summed E-state index contributed by atoms with van der Waals surface area (Å²) in [4.78, 5) is 0. The van der Waals surface area contributed by atoms with Crippen LogP contribution in [0.15, 0.2) is 46.9 Å². The van der Waals surface area contributed by atoms with E-state index < -0.39 is 0 Å². The van der Waals surface area contributed by atoms with Gasteiger partial charge in [0.1, 0.15) is 11.5 Å². The molecule has 3 nitrogen and oxygen atoms in total. The highest BCUT2D eigenvalue weighted by Crippen LogP contribution is 2.30. The molecule has 0 aromatic heterocycles. The Balaban J connectivity index is 2.06. The van der Waals surface area contributed by atoms with E-state index in [2.05, 4.69) is 47.2 Å². The van der Waals surface area contributed by atoms with Crippen LogP contribution in [0.25, 0.3) is 0 Å². The van der Waals surface area contributed by atoms with E-state index >= 15 is 0 Å². The molecular weight excluding hydrogens is 330 g/mol. The van der Waals surface area contributed by atoms with Crippen molar-refractivity contribution in [1.29, 1.82) is 0 Å². The number of halogens is 1. The first-order chi connectivity index (χ1) is 10.1. The van der Waals surface area contributed by atoms with Gasteiger partial charge >= 0.3 is 0 Å². The van der Waals surface area contributed by atoms with Gasteiger partial charge in [0.25, 0.3) is 0 Å². The van der Waals surface area contributed by atoms with Crippen molar-refractivity contribution < 1.29 is 9.84 Å². The molecule has 0 amide bonds. The molecule has 0 fully saturated rings. The topological polar surface area (TPSA) is 41.5 Å². The lowest BCUT2D eigenvalue weighted by molar-refractivity contribution is 0.281. The fourth-order valence-electron chi connectivity index (χ4n) is 1.85. The highest BCUT2D eigenvalue weighted by Gasteiger charge is 2.05. The van der Waals surface area contributed by atoms with Crippen molar-refractivity contribution in [3.8, 4) is 11.5 Å². The second-order valence-corrected chi connectivity index (χ2v) is 6.06. The van der Waals surface area contributed by atoms with Crippen LogP contribution in [0.5, 0.6) is 11.5 Å². The first-order valence-corrected chi connectivity index (χ1v) is 7.77. The summed E-state index contributed by atoms with van der Waals surface area (Å²) in [5.41, 5.74) is 2.08. The van der Waals surface area contributed by atoms with Crippen LogP contribution in [0.2, 0.25) is 0 Å². The molecule has 2 aromatic rings. The van der Waals surface area contributed by atoms with Gasteiger partial charge < -0.3 is 15.2 Å². The molecule has 0 aliphatic carbocycles. The molecule has 0 unspecified atom stereocenters. The molecule has 0 aliphatic rings. The summed E-state index contributed by atoms with van der Waals surface area (Å²) in [6.45, 7) is 5.13. The van der Waals surface area contributed by atoms with Crippen molar-refractivity contribution in [2.75, 3.05) is 0 Å². The second kappa shape index (κ2) is 7.59. The van der Waals surface area contributed by atoms with Gasteiger partial charge in [-0.15, -0.1) is 0 Å². The number of hydrogen-bond donors (Lipinski definition) is 2. The SMILES string of the molecule is CC(C)NCc1ccc(Oc2ccc(CO)cc2)c(Br)c1. The van der Waals surface area contributed by atoms with Crippen molar-refractivity contribution >= 4 is 15.9 Å². The van der Waals surface area contributed by atoms with Crippen LogP contribution in [0.3, 0.4) is 0 Å². The van der Waals surface area contributed by atoms with Gasteiger partial charge in [-0.1, -0.05) is 32.0 Å². The third-order valence-corrected chi connectivity index (χ3v) is 3.66. The van der Waals surface area contributed by atoms with Gasteiger partial charge in [0, 0.05) is 12.6 Å². The number of hydrogen-bond acceptors (Lipinski definition) is 3. The highest BCUT2D eigenvalue weighted by atomic mass is 79.9. The number of aliphatic hydroxyl groups excluding tert-OH is 1. The number of nitrogens with one attached hydrogen (secondary N) is 1. The first-order valence-electron chi connectivity index (χ1n) is 6.98. The number of aliphatic hydroxyl groups is 1. The number of rotatable bonds is 6. The molecule has 112 valence electrons. The Morgan fingerprint density at radius 2 is 1.76 bits per heavy atom. The lowest BCUT2D eigenvalue weighted by atomic mass is 10.2. The van der Waals surface area contributed by atoms with Crippen LogP contribution in [-0.2, 0) is 13.2 Å². The summed E-state index contributed by atoms with van der Waals surface area (Å²) in [5, 5.41) is 12.4. The minimum Gasteiger partial charge on any atom is -0.456 e. The van der Waals surface area contributed by atoms with E-state index in [1.165, 1.54) is 5.56 Å². The van der Waals surface area contributed by atoms with Crippen molar-refractivity contribution in [2.24, 2.45) is 0 Å². The summed E-state index contributed by atoms with van der Waals surface area (Å²) < 4.78 is 6.77. The molecule has 4 heteroatoms. The zero-order chi connectivity index (χ0) is 15.2. The molecule has 2 N–H and O–H groups in total. The van der Waals surface area contributed by atoms with E-state index in [1.807, 2.05) is 30.3 Å². The number of ether oxygens (including phenoxy) is 1. The molecule has 0 spiro atoms. The molecule has 0 saturated heterocycles. The Kier molecular flexibility index (Phi) is 5.79. The quantitative estimate of drug-likeness (QED) is 0.819. The normalized spacial score (nSPS) is 10.9. The van der Waals surface area contributed by atoms with Gasteiger partial charge in [0.15, 0.2) is 0 Å². The maximum atomic E-state index is 9.03. The van der Waals surface area contributed by atoms with Crippen LogP contribution < -0.4 is 10.1 Å². The minimum atomic E-state index is 0.0432. The van der Waals surface area contributed by atoms with Crippen LogP contribution >= 0.6 is 15.9 Å². The standard InChI is InChI=1S/C17H20BrNO2/c1-12(2)19-10-14-5-8-17(16(18)9-14)21-15-6-3-13(11-20)4-7-15/h3-9,12,19-20H,10-11H2,1-2H3. The van der Waals surface area contributed by atoms with E-state index in [4.69, 9.17) is 9.84 Å². The van der Waals surface area contributed by atoms with Gasteiger partial charge in [-0.2, -0.15) is 0 Å². The molecule has 0 bridgehead atoms. The lowest BCUT2D eigenvalue weighted by Crippen LogP contribution is -2.21. The van der Waals surface area contributed by atoms with Gasteiger partial charge in [0.05, 0.1) is 11.1 Å². The van der Waals surface area contributed by atoms with Gasteiger partial charge in [-0.05, 0) is 51.3 Å². The Morgan fingerprint density at radius 3 is 2.33 bits per heavy atom. The summed E-state index contributed by atoms with van der Waals surface area (Å²) in [5.74, 6) is 1.53. The summed E-state index contributed by atoms with van der Waals surface area (Å²) >= 11 is 3.55. The molecule has 21 heavy (non-hydrogen) atoms. The fraction of sp³-hybridized carbons (Fsp3) is 0.294. The van der Waals surface area contributed by atoms with E-state index in [-0.39, 0.29) is 6.61 Å². The van der Waals surface area contributed by atoms with Crippen molar-refractivity contribution in [1.82, 2.24) is 5.32 Å². The summed E-state index contributed by atoms with van der Waals surface area (Å²) in [6, 6.07) is 13.9. The smallest absolute Gasteiger partial charge is 0.141 e. The van der Waals surface area contributed by atoms with Crippen molar-refractivity contribution in [3.63, 3.8) is 0 Å². The van der Waals surface area contributed by atoms with Gasteiger partial charge in [-0.3, -0.25) is 0 Å². The highest BCUT2D eigenvalue weighted by molar-refractivity contribution is 9.10. The fourth-order valence-corrected chi connectivity index (χ4v) is 2.36. The molecule has 2 aromatic carbocycles. The Bertz CT molecular complexity index is 582. The maximum absolute atomic E-state index is 9.03. The zero-order valence-electron chi connectivity index (χ0n) is 12.3. The molecular formula is C17H20BrNO2. The van der Waals surface area contributed by atoms with E-state index in [9.17, 15) is 0 Å². The molecule has 0 saturated carbocycles. The van der Waals surface area contributed by atoms with Gasteiger partial charge in [0.2, 0.25) is 0 Å². The third kappa shape index (κ3) is 4.84. The van der Waals surface area contributed by atoms with Crippen LogP contribution in [0.1, 0.15) is 25.0 Å². The zero-order valence-corrected chi connectivity index (χ0v) is 13.9. The second-order valence-electron chi connectivity index (χ2n) is 5.20. The maximum Gasteiger partial charge on any atom is 0.141 e. The Morgan fingerprint density at radius 1 is 1.10 bits per heavy atom. The average Bonchev–Trinajstić information content (AvgIpc) is 2.48. The predicted molar refractivity (Wildman–Crippen MR) is 88.6 cm³/mol. The Labute approximate surface area is 134 Å². The van der Waals surface area contributed by atoms with Crippen molar-refractivity contribution in [3.05, 3.63) is 58.1 Å². The molecule has 0 radical (unpaired) electrons. The summed E-state index contributed by atoms with van der Waals surface area (Å²) in [7, 11) is 0. The van der Waals surface area contributed by atoms with Crippen LogP contribution in [0.4, 0.5) is 0 Å². The molecule has 0 atom stereocenters. The summed E-state index contributed by atoms with van der Waals surface area (Å²) in [6.07, 6.45) is 0. The van der Waals surface area contributed by atoms with Crippen LogP contribution in [-0.4, -0.2) is 11.1 Å². The van der Waals surface area contributed by atoms with Crippen LogP contribution in [0, 0.1) is 0 Å². The van der Waals surface area contributed by atoms with E-state index in [0.29, 0.717) is 6.04 Å².